The van der Waals surface area contributed by atoms with E-state index >= 15 is 0 Å². The molecule has 0 saturated heterocycles. The summed E-state index contributed by atoms with van der Waals surface area (Å²) < 4.78 is 47.9. The number of hydrogen-bond donors (Lipinski definition) is 0. The highest BCUT2D eigenvalue weighted by Crippen LogP contribution is 2.37. The van der Waals surface area contributed by atoms with Crippen LogP contribution in [0.2, 0.25) is 5.02 Å². The Balaban J connectivity index is 1.61. The van der Waals surface area contributed by atoms with E-state index in [1.54, 1.807) is 29.7 Å². The second-order valence-corrected chi connectivity index (χ2v) is 11.9. The molecule has 4 heterocycles. The van der Waals surface area contributed by atoms with Crippen molar-refractivity contribution in [2.75, 3.05) is 21.3 Å². The van der Waals surface area contributed by atoms with Gasteiger partial charge in [-0.2, -0.15) is 5.10 Å². The lowest BCUT2D eigenvalue weighted by Crippen LogP contribution is -2.30. The molecule has 0 saturated carbocycles. The van der Waals surface area contributed by atoms with Gasteiger partial charge in [-0.3, -0.25) is 9.25 Å². The molecule has 0 bridgehead atoms. The second-order valence-electron chi connectivity index (χ2n) is 9.06. The van der Waals surface area contributed by atoms with Crippen LogP contribution in [0.3, 0.4) is 0 Å². The zero-order valence-electron chi connectivity index (χ0n) is 21.9. The molecule has 0 N–H and O–H groups in total. The highest BCUT2D eigenvalue weighted by Gasteiger charge is 2.35. The third-order valence-electron chi connectivity index (χ3n) is 6.72. The molecule has 206 valence electrons. The number of ether oxygens (including phenoxy) is 3. The summed E-state index contributed by atoms with van der Waals surface area (Å²) in [5, 5.41) is 12.7. The van der Waals surface area contributed by atoms with E-state index in [1.165, 1.54) is 33.7 Å². The molecule has 0 fully saturated rings. The van der Waals surface area contributed by atoms with Gasteiger partial charge in [-0.25, -0.2) is 18.4 Å². The fourth-order valence-electron chi connectivity index (χ4n) is 4.71. The maximum atomic E-state index is 13.8. The summed E-state index contributed by atoms with van der Waals surface area (Å²) in [6.45, 7) is 2.36. The van der Waals surface area contributed by atoms with Crippen molar-refractivity contribution in [3.8, 4) is 28.7 Å². The first-order chi connectivity index (χ1) is 18.8. The highest BCUT2D eigenvalue weighted by molar-refractivity contribution is 7.91. The molecule has 2 atom stereocenters. The largest absolute Gasteiger partial charge is 0.494 e. The predicted octanol–water partition coefficient (Wildman–Crippen LogP) is 3.23. The number of halogens is 1. The van der Waals surface area contributed by atoms with Gasteiger partial charge < -0.3 is 14.2 Å². The van der Waals surface area contributed by atoms with E-state index in [2.05, 4.69) is 20.2 Å². The van der Waals surface area contributed by atoms with Gasteiger partial charge in [0.2, 0.25) is 0 Å². The Hall–Kier alpha value is -3.55. The standard InChI is InChI=1S/C25H28ClN7O5S/c1-15(23(38-4)24-27-12-16(26)13-28-24)39(34,35)14-21-29-30-25(18-11-17-7-6-10-32(17)31-18)33(21)22-19(36-2)8-5-9-20(22)37-3/h5,8-9,11-13,15,23H,6-7,10,14H2,1-4H3/t15-,23-/m0/s1. The average molecular weight is 574 g/mol. The van der Waals surface area contributed by atoms with Crippen molar-refractivity contribution < 1.29 is 22.6 Å². The summed E-state index contributed by atoms with van der Waals surface area (Å²) in [5.74, 6) is 1.21. The Labute approximate surface area is 230 Å². The Morgan fingerprint density at radius 3 is 2.38 bits per heavy atom. The fraction of sp³-hybridized carbons (Fsp3) is 0.400. The fourth-order valence-corrected chi connectivity index (χ4v) is 6.22. The number of rotatable bonds is 10. The number of aryl methyl sites for hydroxylation is 2. The van der Waals surface area contributed by atoms with Crippen LogP contribution < -0.4 is 9.47 Å². The summed E-state index contributed by atoms with van der Waals surface area (Å²) in [4.78, 5) is 8.32. The third kappa shape index (κ3) is 5.09. The maximum absolute atomic E-state index is 13.8. The Morgan fingerprint density at radius 1 is 1.08 bits per heavy atom. The van der Waals surface area contributed by atoms with Crippen molar-refractivity contribution in [1.29, 1.82) is 0 Å². The zero-order chi connectivity index (χ0) is 27.7. The molecule has 5 rings (SSSR count). The summed E-state index contributed by atoms with van der Waals surface area (Å²) in [5.41, 5.74) is 2.13. The lowest BCUT2D eigenvalue weighted by atomic mass is 10.2. The smallest absolute Gasteiger partial charge is 0.189 e. The van der Waals surface area contributed by atoms with E-state index in [9.17, 15) is 8.42 Å². The molecule has 0 radical (unpaired) electrons. The van der Waals surface area contributed by atoms with Crippen molar-refractivity contribution in [2.24, 2.45) is 0 Å². The monoisotopic (exact) mass is 573 g/mol. The number of methoxy groups -OCH3 is 3. The maximum Gasteiger partial charge on any atom is 0.189 e. The van der Waals surface area contributed by atoms with Crippen molar-refractivity contribution in [3.63, 3.8) is 0 Å². The van der Waals surface area contributed by atoms with Crippen molar-refractivity contribution in [2.45, 2.75) is 43.4 Å². The van der Waals surface area contributed by atoms with E-state index < -0.39 is 26.9 Å². The number of hydrogen-bond acceptors (Lipinski definition) is 10. The molecule has 0 amide bonds. The van der Waals surface area contributed by atoms with Crippen LogP contribution in [0.5, 0.6) is 11.5 Å². The molecule has 0 aliphatic carbocycles. The first-order valence-electron chi connectivity index (χ1n) is 12.2. The molecule has 1 aliphatic rings. The van der Waals surface area contributed by atoms with Gasteiger partial charge in [0.25, 0.3) is 0 Å². The normalized spacial score (nSPS) is 14.7. The molecule has 12 nitrogen and oxygen atoms in total. The molecule has 39 heavy (non-hydrogen) atoms. The first kappa shape index (κ1) is 27.0. The van der Waals surface area contributed by atoms with Crippen molar-refractivity contribution in [3.05, 3.63) is 59.0 Å². The van der Waals surface area contributed by atoms with Gasteiger partial charge in [0.1, 0.15) is 34.7 Å². The van der Waals surface area contributed by atoms with Crippen LogP contribution >= 0.6 is 11.6 Å². The van der Waals surface area contributed by atoms with Crippen LogP contribution in [0, 0.1) is 0 Å². The van der Waals surface area contributed by atoms with Crippen LogP contribution in [-0.2, 0) is 33.3 Å². The molecule has 14 heteroatoms. The SMILES string of the molecule is COc1cccc(OC)c1-n1c(CS(=O)(=O)[C@@H](C)[C@H](OC)c2ncc(Cl)cn2)nnc1-c1cc2n(n1)CCC2. The minimum absolute atomic E-state index is 0.166. The summed E-state index contributed by atoms with van der Waals surface area (Å²) in [7, 11) is 0.581. The van der Waals surface area contributed by atoms with E-state index in [1.807, 2.05) is 10.7 Å². The Morgan fingerprint density at radius 2 is 1.77 bits per heavy atom. The van der Waals surface area contributed by atoms with Crippen LogP contribution in [0.1, 0.15) is 36.8 Å². The molecule has 0 unspecified atom stereocenters. The van der Waals surface area contributed by atoms with Gasteiger partial charge in [0.05, 0.1) is 24.5 Å². The number of nitrogens with zero attached hydrogens (tertiary/aromatic N) is 7. The quantitative estimate of drug-likeness (QED) is 0.278. The Kier molecular flexibility index (Phi) is 7.56. The number of para-hydroxylation sites is 1. The van der Waals surface area contributed by atoms with Gasteiger partial charge in [0, 0.05) is 31.7 Å². The minimum atomic E-state index is -3.89. The number of aromatic nitrogens is 7. The first-order valence-corrected chi connectivity index (χ1v) is 14.3. The van der Waals surface area contributed by atoms with Gasteiger partial charge in [0.15, 0.2) is 27.3 Å². The molecule has 1 aliphatic heterocycles. The van der Waals surface area contributed by atoms with Gasteiger partial charge in [-0.1, -0.05) is 17.7 Å². The van der Waals surface area contributed by atoms with Crippen LogP contribution in [-0.4, -0.2) is 69.5 Å². The number of benzene rings is 1. The molecular formula is C25H28ClN7O5S. The zero-order valence-corrected chi connectivity index (χ0v) is 23.5. The second kappa shape index (κ2) is 10.9. The number of fused-ring (bicyclic) bond motifs is 1. The lowest BCUT2D eigenvalue weighted by Gasteiger charge is -2.22. The summed E-state index contributed by atoms with van der Waals surface area (Å²) in [6, 6.07) is 7.25. The van der Waals surface area contributed by atoms with Crippen LogP contribution in [0.25, 0.3) is 17.2 Å². The van der Waals surface area contributed by atoms with Crippen LogP contribution in [0.15, 0.2) is 36.7 Å². The number of sulfone groups is 1. The van der Waals surface area contributed by atoms with Gasteiger partial charge in [-0.05, 0) is 38.0 Å². The van der Waals surface area contributed by atoms with Gasteiger partial charge in [-0.15, -0.1) is 10.2 Å². The molecule has 3 aromatic heterocycles. The lowest BCUT2D eigenvalue weighted by molar-refractivity contribution is 0.0948. The van der Waals surface area contributed by atoms with Crippen molar-refractivity contribution in [1.82, 2.24) is 34.5 Å². The van der Waals surface area contributed by atoms with Crippen molar-refractivity contribution >= 4 is 21.4 Å². The summed E-state index contributed by atoms with van der Waals surface area (Å²) >= 11 is 5.91. The van der Waals surface area contributed by atoms with E-state index in [4.69, 9.17) is 30.9 Å². The molecular weight excluding hydrogens is 546 g/mol. The topological polar surface area (TPSA) is 136 Å². The molecule has 0 spiro atoms. The highest BCUT2D eigenvalue weighted by atomic mass is 35.5. The molecule has 4 aromatic rings. The molecule has 1 aromatic carbocycles. The summed E-state index contributed by atoms with van der Waals surface area (Å²) in [6.07, 6.45) is 3.79. The van der Waals surface area contributed by atoms with Gasteiger partial charge >= 0.3 is 0 Å². The Bertz CT molecular complexity index is 1540. The third-order valence-corrected chi connectivity index (χ3v) is 8.96. The van der Waals surface area contributed by atoms with E-state index in [-0.39, 0.29) is 11.6 Å². The van der Waals surface area contributed by atoms with E-state index in [0.29, 0.717) is 33.7 Å². The van der Waals surface area contributed by atoms with Crippen LogP contribution in [0.4, 0.5) is 0 Å². The average Bonchev–Trinajstić information content (AvgIpc) is 3.64. The predicted molar refractivity (Wildman–Crippen MR) is 143 cm³/mol. The van der Waals surface area contributed by atoms with E-state index in [0.717, 1.165) is 25.1 Å². The minimum Gasteiger partial charge on any atom is -0.494 e.